The maximum atomic E-state index is 12.3. The van der Waals surface area contributed by atoms with Gasteiger partial charge in [0.05, 0.1) is 0 Å². The van der Waals surface area contributed by atoms with E-state index in [-0.39, 0.29) is 35.8 Å². The lowest BCUT2D eigenvalue weighted by Gasteiger charge is -2.31. The maximum absolute atomic E-state index is 12.3. The summed E-state index contributed by atoms with van der Waals surface area (Å²) in [4.78, 5) is 25.2. The zero-order valence-corrected chi connectivity index (χ0v) is 13.9. The van der Waals surface area contributed by atoms with E-state index in [0.717, 1.165) is 5.56 Å². The molecule has 1 fully saturated rings. The quantitative estimate of drug-likeness (QED) is 0.880. The van der Waals surface area contributed by atoms with E-state index >= 15 is 0 Å². The number of carbonyl (C=O) groups excluding carboxylic acids is 2. The second-order valence-electron chi connectivity index (χ2n) is 6.28. The molecule has 0 spiro atoms. The summed E-state index contributed by atoms with van der Waals surface area (Å²) in [6.07, 6.45) is -3.33. The van der Waals surface area contributed by atoms with E-state index in [1.165, 1.54) is 24.3 Å². The number of benzene rings is 1. The number of alkyl halides is 3. The summed E-state index contributed by atoms with van der Waals surface area (Å²) in [5.74, 6) is -0.972. The molecule has 1 saturated heterocycles. The van der Waals surface area contributed by atoms with Gasteiger partial charge in [-0.15, -0.1) is 13.2 Å². The third-order valence-electron chi connectivity index (χ3n) is 4.41. The number of primary amides is 1. The molecule has 0 aromatic heterocycles. The fraction of sp³-hybridized carbons (Fsp3) is 0.529. The number of halogens is 3. The van der Waals surface area contributed by atoms with Gasteiger partial charge in [0.25, 0.3) is 0 Å². The van der Waals surface area contributed by atoms with Gasteiger partial charge in [0.1, 0.15) is 5.75 Å². The second-order valence-corrected chi connectivity index (χ2v) is 6.28. The predicted molar refractivity (Wildman–Crippen MR) is 84.7 cm³/mol. The SMILES string of the molecule is CC(CC(=O)N1CCC(C(N)=O)CC1)c1ccc(OC(F)(F)F)cc1. The number of ether oxygens (including phenoxy) is 1. The second kappa shape index (κ2) is 7.76. The Morgan fingerprint density at radius 1 is 1.24 bits per heavy atom. The van der Waals surface area contributed by atoms with Gasteiger partial charge in [-0.2, -0.15) is 0 Å². The summed E-state index contributed by atoms with van der Waals surface area (Å²) in [6, 6.07) is 5.53. The zero-order valence-electron chi connectivity index (χ0n) is 13.9. The Labute approximate surface area is 143 Å². The smallest absolute Gasteiger partial charge is 0.406 e. The van der Waals surface area contributed by atoms with Crippen LogP contribution in [-0.4, -0.2) is 36.2 Å². The van der Waals surface area contributed by atoms with E-state index in [4.69, 9.17) is 5.73 Å². The van der Waals surface area contributed by atoms with Crippen LogP contribution in [0.1, 0.15) is 37.7 Å². The van der Waals surface area contributed by atoms with Gasteiger partial charge in [-0.3, -0.25) is 9.59 Å². The Kier molecular flexibility index (Phi) is 5.92. The number of hydrogen-bond donors (Lipinski definition) is 1. The first-order valence-corrected chi connectivity index (χ1v) is 8.08. The van der Waals surface area contributed by atoms with Crippen LogP contribution in [0.3, 0.4) is 0 Å². The molecule has 1 aliphatic rings. The minimum Gasteiger partial charge on any atom is -0.406 e. The molecular formula is C17H21F3N2O3. The van der Waals surface area contributed by atoms with Crippen molar-refractivity contribution in [3.63, 3.8) is 0 Å². The topological polar surface area (TPSA) is 72.6 Å². The van der Waals surface area contributed by atoms with Crippen LogP contribution in [0.15, 0.2) is 24.3 Å². The molecule has 0 aliphatic carbocycles. The molecule has 1 heterocycles. The van der Waals surface area contributed by atoms with E-state index in [2.05, 4.69) is 4.74 Å². The van der Waals surface area contributed by atoms with E-state index in [1.54, 1.807) is 4.90 Å². The molecule has 138 valence electrons. The van der Waals surface area contributed by atoms with Gasteiger partial charge in [-0.05, 0) is 36.5 Å². The normalized spacial score (nSPS) is 17.2. The van der Waals surface area contributed by atoms with Crippen molar-refractivity contribution in [2.75, 3.05) is 13.1 Å². The van der Waals surface area contributed by atoms with Gasteiger partial charge < -0.3 is 15.4 Å². The summed E-state index contributed by atoms with van der Waals surface area (Å²) in [6.45, 7) is 2.84. The van der Waals surface area contributed by atoms with Crippen LogP contribution >= 0.6 is 0 Å². The van der Waals surface area contributed by atoms with E-state index in [0.29, 0.717) is 25.9 Å². The first-order valence-electron chi connectivity index (χ1n) is 8.08. The number of likely N-dealkylation sites (tertiary alicyclic amines) is 1. The van der Waals surface area contributed by atoms with Crippen molar-refractivity contribution in [3.05, 3.63) is 29.8 Å². The minimum absolute atomic E-state index is 0.0361. The van der Waals surface area contributed by atoms with Gasteiger partial charge in [0, 0.05) is 25.4 Å². The zero-order chi connectivity index (χ0) is 18.6. The molecule has 1 unspecified atom stereocenters. The predicted octanol–water partition coefficient (Wildman–Crippen LogP) is 2.80. The highest BCUT2D eigenvalue weighted by Gasteiger charge is 2.31. The lowest BCUT2D eigenvalue weighted by atomic mass is 9.94. The first kappa shape index (κ1) is 19.1. The van der Waals surface area contributed by atoms with Crippen LogP contribution in [0.4, 0.5) is 13.2 Å². The molecule has 2 rings (SSSR count). The number of nitrogens with zero attached hydrogens (tertiary/aromatic N) is 1. The number of amides is 2. The number of carbonyl (C=O) groups is 2. The summed E-state index contributed by atoms with van der Waals surface area (Å²) < 4.78 is 40.3. The molecule has 0 bridgehead atoms. The highest BCUT2D eigenvalue weighted by molar-refractivity contribution is 5.79. The molecule has 0 radical (unpaired) electrons. The van der Waals surface area contributed by atoms with Gasteiger partial charge >= 0.3 is 6.36 Å². The standard InChI is InChI=1S/C17H21F3N2O3/c1-11(12-2-4-14(5-3-12)25-17(18,19)20)10-15(23)22-8-6-13(7-9-22)16(21)24/h2-5,11,13H,6-10H2,1H3,(H2,21,24). The molecule has 1 aliphatic heterocycles. The van der Waals surface area contributed by atoms with Crippen LogP contribution in [0.25, 0.3) is 0 Å². The van der Waals surface area contributed by atoms with E-state index in [1.807, 2.05) is 6.92 Å². The van der Waals surface area contributed by atoms with Crippen molar-refractivity contribution in [2.45, 2.75) is 38.5 Å². The number of nitrogens with two attached hydrogens (primary N) is 1. The van der Waals surface area contributed by atoms with Crippen molar-refractivity contribution < 1.29 is 27.5 Å². The Bertz CT molecular complexity index is 609. The summed E-state index contributed by atoms with van der Waals surface area (Å²) >= 11 is 0. The minimum atomic E-state index is -4.72. The molecule has 1 atom stereocenters. The number of piperidine rings is 1. The Morgan fingerprint density at radius 2 is 1.80 bits per heavy atom. The third-order valence-corrected chi connectivity index (χ3v) is 4.41. The average molecular weight is 358 g/mol. The molecule has 5 nitrogen and oxygen atoms in total. The summed E-state index contributed by atoms with van der Waals surface area (Å²) in [5, 5.41) is 0. The Hall–Kier alpha value is -2.25. The van der Waals surface area contributed by atoms with Crippen LogP contribution in [-0.2, 0) is 9.59 Å². The molecule has 0 saturated carbocycles. The lowest BCUT2D eigenvalue weighted by Crippen LogP contribution is -2.42. The van der Waals surface area contributed by atoms with Crippen molar-refractivity contribution >= 4 is 11.8 Å². The van der Waals surface area contributed by atoms with Gasteiger partial charge in [-0.25, -0.2) is 0 Å². The Balaban J connectivity index is 1.88. The largest absolute Gasteiger partial charge is 0.573 e. The number of hydrogen-bond acceptors (Lipinski definition) is 3. The molecular weight excluding hydrogens is 337 g/mol. The lowest BCUT2D eigenvalue weighted by molar-refractivity contribution is -0.274. The average Bonchev–Trinajstić information content (AvgIpc) is 2.54. The molecule has 8 heteroatoms. The molecule has 25 heavy (non-hydrogen) atoms. The molecule has 1 aromatic rings. The third kappa shape index (κ3) is 5.65. The molecule has 2 amide bonds. The van der Waals surface area contributed by atoms with Crippen LogP contribution in [0.5, 0.6) is 5.75 Å². The van der Waals surface area contributed by atoms with Crippen LogP contribution < -0.4 is 10.5 Å². The molecule has 1 aromatic carbocycles. The highest BCUT2D eigenvalue weighted by Crippen LogP contribution is 2.27. The van der Waals surface area contributed by atoms with Crippen LogP contribution in [0.2, 0.25) is 0 Å². The van der Waals surface area contributed by atoms with Crippen molar-refractivity contribution in [2.24, 2.45) is 11.7 Å². The van der Waals surface area contributed by atoms with Crippen molar-refractivity contribution in [1.29, 1.82) is 0 Å². The van der Waals surface area contributed by atoms with Gasteiger partial charge in [-0.1, -0.05) is 19.1 Å². The van der Waals surface area contributed by atoms with Crippen LogP contribution in [0, 0.1) is 5.92 Å². The number of rotatable bonds is 5. The highest BCUT2D eigenvalue weighted by atomic mass is 19.4. The summed E-state index contributed by atoms with van der Waals surface area (Å²) in [5.41, 5.74) is 6.03. The first-order chi connectivity index (χ1) is 11.7. The van der Waals surface area contributed by atoms with Crippen molar-refractivity contribution in [1.82, 2.24) is 4.90 Å². The van der Waals surface area contributed by atoms with E-state index < -0.39 is 6.36 Å². The summed E-state index contributed by atoms with van der Waals surface area (Å²) in [7, 11) is 0. The maximum Gasteiger partial charge on any atom is 0.573 e. The fourth-order valence-electron chi connectivity index (χ4n) is 2.92. The molecule has 2 N–H and O–H groups in total. The van der Waals surface area contributed by atoms with E-state index in [9.17, 15) is 22.8 Å². The van der Waals surface area contributed by atoms with Crippen molar-refractivity contribution in [3.8, 4) is 5.75 Å². The van der Waals surface area contributed by atoms with Gasteiger partial charge in [0.15, 0.2) is 0 Å². The fourth-order valence-corrected chi connectivity index (χ4v) is 2.92. The Morgan fingerprint density at radius 3 is 2.28 bits per heavy atom. The monoisotopic (exact) mass is 358 g/mol. The van der Waals surface area contributed by atoms with Gasteiger partial charge in [0.2, 0.25) is 11.8 Å².